The van der Waals surface area contributed by atoms with Crippen molar-refractivity contribution in [1.82, 2.24) is 4.90 Å². The van der Waals surface area contributed by atoms with E-state index in [1.807, 2.05) is 25.1 Å². The molecule has 0 saturated heterocycles. The van der Waals surface area contributed by atoms with Crippen LogP contribution in [0.4, 0.5) is 0 Å². The number of carbonyl (C=O) groups excluding carboxylic acids is 1. The molecule has 21 heavy (non-hydrogen) atoms. The fourth-order valence-corrected chi connectivity index (χ4v) is 2.26. The van der Waals surface area contributed by atoms with Gasteiger partial charge in [0.05, 0.1) is 18.8 Å². The van der Waals surface area contributed by atoms with Crippen LogP contribution in [0.2, 0.25) is 0 Å². The van der Waals surface area contributed by atoms with Crippen LogP contribution in [0.15, 0.2) is 18.2 Å². The largest absolute Gasteiger partial charge is 0.395 e. The van der Waals surface area contributed by atoms with Crippen molar-refractivity contribution in [2.24, 2.45) is 0 Å². The third-order valence-electron chi connectivity index (χ3n) is 3.45. The van der Waals surface area contributed by atoms with Gasteiger partial charge in [-0.2, -0.15) is 0 Å². The Balaban J connectivity index is 2.30. The molecule has 0 unspecified atom stereocenters. The zero-order chi connectivity index (χ0) is 15.2. The first-order chi connectivity index (χ1) is 10.2. The smallest absolute Gasteiger partial charge is 0.255 e. The molecular weight excluding hydrogens is 266 g/mol. The highest BCUT2D eigenvalue weighted by Gasteiger charge is 2.33. The summed E-state index contributed by atoms with van der Waals surface area (Å²) >= 11 is 0. The first-order valence-electron chi connectivity index (χ1n) is 7.29. The molecule has 2 rings (SSSR count). The lowest BCUT2D eigenvalue weighted by atomic mass is 10.0. The summed E-state index contributed by atoms with van der Waals surface area (Å²) < 4.78 is 0. The van der Waals surface area contributed by atoms with Gasteiger partial charge in [-0.15, -0.1) is 0 Å². The standard InChI is InChI=1S/C17H21NO3/c1-13-5-6-14(4-2-3-10-19)16(12-13)17(21)18(9-11-20)15-7-8-15/h5-6,12,15,19-20H,3,7-11H2,1H3. The monoisotopic (exact) mass is 287 g/mol. The topological polar surface area (TPSA) is 60.8 Å². The molecule has 1 aliphatic carbocycles. The summed E-state index contributed by atoms with van der Waals surface area (Å²) in [4.78, 5) is 14.5. The number of benzene rings is 1. The van der Waals surface area contributed by atoms with Gasteiger partial charge in [-0.3, -0.25) is 4.79 Å². The van der Waals surface area contributed by atoms with E-state index in [0.717, 1.165) is 18.4 Å². The Labute approximate surface area is 125 Å². The van der Waals surface area contributed by atoms with Gasteiger partial charge in [0.1, 0.15) is 0 Å². The number of hydrogen-bond acceptors (Lipinski definition) is 3. The van der Waals surface area contributed by atoms with Gasteiger partial charge in [-0.25, -0.2) is 0 Å². The van der Waals surface area contributed by atoms with E-state index in [-0.39, 0.29) is 25.2 Å². The van der Waals surface area contributed by atoms with Gasteiger partial charge in [0.15, 0.2) is 0 Å². The summed E-state index contributed by atoms with van der Waals surface area (Å²) in [6.45, 7) is 2.29. The SMILES string of the molecule is Cc1ccc(C#CCCO)c(C(=O)N(CCO)C2CC2)c1. The molecule has 112 valence electrons. The highest BCUT2D eigenvalue weighted by atomic mass is 16.3. The summed E-state index contributed by atoms with van der Waals surface area (Å²) in [7, 11) is 0. The molecule has 4 heteroatoms. The zero-order valence-corrected chi connectivity index (χ0v) is 12.3. The van der Waals surface area contributed by atoms with Gasteiger partial charge in [-0.1, -0.05) is 23.5 Å². The van der Waals surface area contributed by atoms with Crippen molar-refractivity contribution in [2.45, 2.75) is 32.2 Å². The Morgan fingerprint density at radius 1 is 1.33 bits per heavy atom. The first-order valence-corrected chi connectivity index (χ1v) is 7.29. The Morgan fingerprint density at radius 3 is 2.71 bits per heavy atom. The number of aliphatic hydroxyl groups excluding tert-OH is 2. The molecule has 1 fully saturated rings. The summed E-state index contributed by atoms with van der Waals surface area (Å²) in [6.07, 6.45) is 2.40. The van der Waals surface area contributed by atoms with Crippen molar-refractivity contribution >= 4 is 5.91 Å². The molecule has 0 aromatic heterocycles. The van der Waals surface area contributed by atoms with Gasteiger partial charge in [0.2, 0.25) is 0 Å². The normalized spacial score (nSPS) is 13.5. The fraction of sp³-hybridized carbons (Fsp3) is 0.471. The first kappa shape index (κ1) is 15.6. The summed E-state index contributed by atoms with van der Waals surface area (Å²) in [5.74, 6) is 5.75. The Bertz CT molecular complexity index is 567. The number of rotatable bonds is 5. The van der Waals surface area contributed by atoms with Gasteiger partial charge < -0.3 is 15.1 Å². The number of amides is 1. The third-order valence-corrected chi connectivity index (χ3v) is 3.45. The van der Waals surface area contributed by atoms with E-state index in [1.54, 1.807) is 4.90 Å². The van der Waals surface area contributed by atoms with E-state index in [1.165, 1.54) is 0 Å². The number of aryl methyl sites for hydroxylation is 1. The Hall–Kier alpha value is -1.83. The second-order valence-electron chi connectivity index (χ2n) is 5.28. The van der Waals surface area contributed by atoms with Crippen molar-refractivity contribution in [3.8, 4) is 11.8 Å². The maximum atomic E-state index is 12.7. The Kier molecular flexibility index (Phi) is 5.38. The lowest BCUT2D eigenvalue weighted by Crippen LogP contribution is -2.36. The maximum absolute atomic E-state index is 12.7. The molecule has 1 saturated carbocycles. The average Bonchev–Trinajstić information content (AvgIpc) is 3.30. The van der Waals surface area contributed by atoms with Gasteiger partial charge in [-0.05, 0) is 31.9 Å². The second-order valence-corrected chi connectivity index (χ2v) is 5.28. The van der Waals surface area contributed by atoms with Crippen LogP contribution in [0.1, 0.15) is 40.7 Å². The number of nitrogens with zero attached hydrogens (tertiary/aromatic N) is 1. The van der Waals surface area contributed by atoms with Crippen LogP contribution in [0.5, 0.6) is 0 Å². The lowest BCUT2D eigenvalue weighted by Gasteiger charge is -2.22. The van der Waals surface area contributed by atoms with Gasteiger partial charge in [0, 0.05) is 24.6 Å². The summed E-state index contributed by atoms with van der Waals surface area (Å²) in [5.41, 5.74) is 2.27. The van der Waals surface area contributed by atoms with Crippen molar-refractivity contribution in [2.75, 3.05) is 19.8 Å². The number of hydrogen-bond donors (Lipinski definition) is 2. The van der Waals surface area contributed by atoms with E-state index in [0.29, 0.717) is 24.1 Å². The van der Waals surface area contributed by atoms with Crippen LogP contribution in [0.3, 0.4) is 0 Å². The van der Waals surface area contributed by atoms with E-state index in [4.69, 9.17) is 10.2 Å². The minimum Gasteiger partial charge on any atom is -0.395 e. The lowest BCUT2D eigenvalue weighted by molar-refractivity contribution is 0.0707. The predicted octanol–water partition coefficient (Wildman–Crippen LogP) is 1.33. The van der Waals surface area contributed by atoms with Crippen molar-refractivity contribution < 1.29 is 15.0 Å². The molecule has 0 radical (unpaired) electrons. The summed E-state index contributed by atoms with van der Waals surface area (Å²) in [5, 5.41) is 18.0. The molecule has 1 amide bonds. The Morgan fingerprint density at radius 2 is 2.10 bits per heavy atom. The van der Waals surface area contributed by atoms with Crippen LogP contribution in [0.25, 0.3) is 0 Å². The molecule has 4 nitrogen and oxygen atoms in total. The van der Waals surface area contributed by atoms with Crippen LogP contribution >= 0.6 is 0 Å². The van der Waals surface area contributed by atoms with E-state index in [9.17, 15) is 4.79 Å². The van der Waals surface area contributed by atoms with E-state index >= 15 is 0 Å². The van der Waals surface area contributed by atoms with Crippen LogP contribution in [0, 0.1) is 18.8 Å². The van der Waals surface area contributed by atoms with Crippen molar-refractivity contribution in [3.63, 3.8) is 0 Å². The molecular formula is C17H21NO3. The average molecular weight is 287 g/mol. The molecule has 1 aromatic carbocycles. The fourth-order valence-electron chi connectivity index (χ4n) is 2.26. The minimum absolute atomic E-state index is 0.0147. The highest BCUT2D eigenvalue weighted by molar-refractivity contribution is 5.97. The number of carbonyl (C=O) groups is 1. The molecule has 0 spiro atoms. The maximum Gasteiger partial charge on any atom is 0.255 e. The molecule has 0 atom stereocenters. The molecule has 0 heterocycles. The molecule has 1 aliphatic rings. The van der Waals surface area contributed by atoms with E-state index in [2.05, 4.69) is 11.8 Å². The van der Waals surface area contributed by atoms with Crippen LogP contribution in [-0.2, 0) is 0 Å². The van der Waals surface area contributed by atoms with Gasteiger partial charge >= 0.3 is 0 Å². The second kappa shape index (κ2) is 7.26. The minimum atomic E-state index is -0.0662. The molecule has 0 aliphatic heterocycles. The molecule has 1 aromatic rings. The van der Waals surface area contributed by atoms with Crippen LogP contribution < -0.4 is 0 Å². The molecule has 2 N–H and O–H groups in total. The van der Waals surface area contributed by atoms with Crippen molar-refractivity contribution in [1.29, 1.82) is 0 Å². The quantitative estimate of drug-likeness (QED) is 0.803. The van der Waals surface area contributed by atoms with Crippen LogP contribution in [-0.4, -0.2) is 46.8 Å². The molecule has 0 bridgehead atoms. The highest BCUT2D eigenvalue weighted by Crippen LogP contribution is 2.28. The number of aliphatic hydroxyl groups is 2. The van der Waals surface area contributed by atoms with E-state index < -0.39 is 0 Å². The predicted molar refractivity (Wildman–Crippen MR) is 80.9 cm³/mol. The third kappa shape index (κ3) is 4.07. The zero-order valence-electron chi connectivity index (χ0n) is 12.3. The van der Waals surface area contributed by atoms with Gasteiger partial charge in [0.25, 0.3) is 5.91 Å². The van der Waals surface area contributed by atoms with Crippen molar-refractivity contribution in [3.05, 3.63) is 34.9 Å². The summed E-state index contributed by atoms with van der Waals surface area (Å²) in [6, 6.07) is 5.87.